The van der Waals surface area contributed by atoms with Gasteiger partial charge in [-0.1, -0.05) is 70.2 Å². The molecule has 4 nitrogen and oxygen atoms in total. The Kier molecular flexibility index (Phi) is 15.8. The highest BCUT2D eigenvalue weighted by Gasteiger charge is 2.03. The molecule has 0 spiro atoms. The van der Waals surface area contributed by atoms with Crippen molar-refractivity contribution >= 4 is 5.97 Å². The van der Waals surface area contributed by atoms with Crippen molar-refractivity contribution in [3.63, 3.8) is 0 Å². The molecule has 142 valence electrons. The molecule has 1 N–H and O–H groups in total. The molecule has 0 aromatic heterocycles. The van der Waals surface area contributed by atoms with E-state index in [2.05, 4.69) is 20.4 Å². The Morgan fingerprint density at radius 3 is 2.24 bits per heavy atom. The molecule has 0 radical (unpaired) electrons. The zero-order valence-electron chi connectivity index (χ0n) is 15.8. The van der Waals surface area contributed by atoms with E-state index in [4.69, 9.17) is 14.6 Å². The Morgan fingerprint density at radius 1 is 1.12 bits per heavy atom. The Balaban J connectivity index is 0.00000101. The van der Waals surface area contributed by atoms with Gasteiger partial charge >= 0.3 is 5.97 Å². The average Bonchev–Trinajstić information content (AvgIpc) is 2.63. The van der Waals surface area contributed by atoms with E-state index in [0.717, 1.165) is 18.4 Å². The second-order valence-corrected chi connectivity index (χ2v) is 5.97. The average molecular weight is 350 g/mol. The van der Waals surface area contributed by atoms with Crippen LogP contribution in [0.1, 0.15) is 58.8 Å². The van der Waals surface area contributed by atoms with Crippen LogP contribution >= 0.6 is 0 Å². The minimum Gasteiger partial charge on any atom is -0.491 e. The number of aliphatic carboxylic acids is 1. The summed E-state index contributed by atoms with van der Waals surface area (Å²) in [6.45, 7) is 8.77. The summed E-state index contributed by atoms with van der Waals surface area (Å²) < 4.78 is 11.4. The normalized spacial score (nSPS) is 11.1. The number of benzene rings is 1. The van der Waals surface area contributed by atoms with Gasteiger partial charge in [-0.05, 0) is 25.5 Å². The van der Waals surface area contributed by atoms with Crippen LogP contribution in [0.4, 0.5) is 0 Å². The molecule has 0 aliphatic heterocycles. The molecular formula is C21H34O4. The summed E-state index contributed by atoms with van der Waals surface area (Å²) in [5.74, 6) is -0.0659. The molecule has 25 heavy (non-hydrogen) atoms. The molecule has 1 atom stereocenters. The van der Waals surface area contributed by atoms with Crippen molar-refractivity contribution in [2.24, 2.45) is 0 Å². The fourth-order valence-electron chi connectivity index (χ4n) is 2.12. The van der Waals surface area contributed by atoms with Gasteiger partial charge in [-0.3, -0.25) is 0 Å². The topological polar surface area (TPSA) is 55.8 Å². The van der Waals surface area contributed by atoms with Gasteiger partial charge in [0.2, 0.25) is 0 Å². The summed E-state index contributed by atoms with van der Waals surface area (Å²) >= 11 is 0. The molecule has 1 aromatic carbocycles. The number of rotatable bonds is 13. The minimum absolute atomic E-state index is 0.162. The van der Waals surface area contributed by atoms with Crippen LogP contribution in [0.2, 0.25) is 0 Å². The third-order valence-corrected chi connectivity index (χ3v) is 3.55. The number of hydrogen-bond donors (Lipinski definition) is 1. The number of ether oxygens (including phenoxy) is 2. The van der Waals surface area contributed by atoms with E-state index in [1.54, 1.807) is 0 Å². The lowest BCUT2D eigenvalue weighted by Gasteiger charge is -2.14. The van der Waals surface area contributed by atoms with Crippen molar-refractivity contribution in [2.45, 2.75) is 64.9 Å². The van der Waals surface area contributed by atoms with E-state index in [1.165, 1.54) is 44.9 Å². The number of carbonyl (C=O) groups is 1. The lowest BCUT2D eigenvalue weighted by atomic mass is 10.1. The molecule has 1 aromatic rings. The maximum absolute atomic E-state index is 9.25. The van der Waals surface area contributed by atoms with Crippen LogP contribution in [0.5, 0.6) is 5.75 Å². The van der Waals surface area contributed by atoms with Gasteiger partial charge in [0.05, 0.1) is 6.10 Å². The van der Waals surface area contributed by atoms with Gasteiger partial charge in [0.25, 0.3) is 0 Å². The summed E-state index contributed by atoms with van der Waals surface area (Å²) in [6, 6.07) is 9.91. The zero-order valence-corrected chi connectivity index (χ0v) is 15.8. The first-order chi connectivity index (χ1) is 12.1. The number of hydrogen-bond acceptors (Lipinski definition) is 3. The first-order valence-corrected chi connectivity index (χ1v) is 9.25. The molecule has 0 heterocycles. The maximum atomic E-state index is 9.25. The van der Waals surface area contributed by atoms with Gasteiger partial charge in [0.15, 0.2) is 0 Å². The van der Waals surface area contributed by atoms with Crippen molar-refractivity contribution in [1.82, 2.24) is 0 Å². The molecule has 0 fully saturated rings. The van der Waals surface area contributed by atoms with Crippen LogP contribution in [0, 0.1) is 0 Å². The van der Waals surface area contributed by atoms with Gasteiger partial charge in [-0.2, -0.15) is 0 Å². The molecule has 0 bridgehead atoms. The van der Waals surface area contributed by atoms with Crippen LogP contribution in [-0.2, 0) is 9.53 Å². The Hall–Kier alpha value is -1.81. The van der Waals surface area contributed by atoms with E-state index in [1.807, 2.05) is 30.3 Å². The predicted molar refractivity (Wildman–Crippen MR) is 103 cm³/mol. The highest BCUT2D eigenvalue weighted by atomic mass is 16.5. The van der Waals surface area contributed by atoms with Crippen LogP contribution in [0.25, 0.3) is 0 Å². The van der Waals surface area contributed by atoms with Gasteiger partial charge in [-0.15, -0.1) is 0 Å². The van der Waals surface area contributed by atoms with E-state index in [0.29, 0.717) is 6.61 Å². The highest BCUT2D eigenvalue weighted by molar-refractivity contribution is 5.78. The van der Waals surface area contributed by atoms with Crippen LogP contribution in [0.3, 0.4) is 0 Å². The van der Waals surface area contributed by atoms with E-state index < -0.39 is 5.97 Å². The SMILES string of the molecule is C=CC(=O)O.CCCCCCCCCOC(C)COc1ccccc1. The van der Waals surface area contributed by atoms with Crippen LogP contribution in [0.15, 0.2) is 43.0 Å². The molecule has 0 saturated heterocycles. The predicted octanol–water partition coefficient (Wildman–Crippen LogP) is 5.48. The molecule has 0 aliphatic carbocycles. The highest BCUT2D eigenvalue weighted by Crippen LogP contribution is 2.10. The molecule has 1 unspecified atom stereocenters. The third-order valence-electron chi connectivity index (χ3n) is 3.55. The number of unbranched alkanes of at least 4 members (excludes halogenated alkanes) is 6. The van der Waals surface area contributed by atoms with Crippen molar-refractivity contribution in [1.29, 1.82) is 0 Å². The van der Waals surface area contributed by atoms with E-state index in [9.17, 15) is 4.79 Å². The fourth-order valence-corrected chi connectivity index (χ4v) is 2.12. The first-order valence-electron chi connectivity index (χ1n) is 9.25. The second-order valence-electron chi connectivity index (χ2n) is 5.97. The van der Waals surface area contributed by atoms with E-state index in [-0.39, 0.29) is 6.10 Å². The van der Waals surface area contributed by atoms with Crippen molar-refractivity contribution in [3.05, 3.63) is 43.0 Å². The summed E-state index contributed by atoms with van der Waals surface area (Å²) in [5.41, 5.74) is 0. The van der Waals surface area contributed by atoms with Crippen LogP contribution in [-0.4, -0.2) is 30.4 Å². The van der Waals surface area contributed by atoms with Gasteiger partial charge in [0, 0.05) is 12.7 Å². The Labute approximate surface area is 152 Å². The van der Waals surface area contributed by atoms with Crippen molar-refractivity contribution in [2.75, 3.05) is 13.2 Å². The first kappa shape index (κ1) is 23.2. The Bertz CT molecular complexity index is 431. The molecule has 0 aliphatic rings. The third kappa shape index (κ3) is 16.8. The lowest BCUT2D eigenvalue weighted by molar-refractivity contribution is -0.131. The second kappa shape index (κ2) is 17.0. The van der Waals surface area contributed by atoms with Gasteiger partial charge < -0.3 is 14.6 Å². The van der Waals surface area contributed by atoms with Crippen molar-refractivity contribution < 1.29 is 19.4 Å². The summed E-state index contributed by atoms with van der Waals surface area (Å²) in [7, 11) is 0. The molecule has 0 saturated carbocycles. The number of carboxylic acid groups (broad SMARTS) is 1. The Morgan fingerprint density at radius 2 is 1.68 bits per heavy atom. The number of carboxylic acids is 1. The van der Waals surface area contributed by atoms with Crippen molar-refractivity contribution in [3.8, 4) is 5.75 Å². The number of para-hydroxylation sites is 1. The van der Waals surface area contributed by atoms with Gasteiger partial charge in [-0.25, -0.2) is 4.79 Å². The summed E-state index contributed by atoms with van der Waals surface area (Å²) in [6.07, 6.45) is 10.3. The molecule has 0 amide bonds. The van der Waals surface area contributed by atoms with Gasteiger partial charge in [0.1, 0.15) is 12.4 Å². The molecule has 4 heteroatoms. The summed E-state index contributed by atoms with van der Waals surface area (Å²) in [5, 5.41) is 7.60. The van der Waals surface area contributed by atoms with E-state index >= 15 is 0 Å². The monoisotopic (exact) mass is 350 g/mol. The summed E-state index contributed by atoms with van der Waals surface area (Å²) in [4.78, 5) is 9.25. The standard InChI is InChI=1S/C18H30O2.C3H4O2/c1-3-4-5-6-7-8-12-15-19-17(2)16-20-18-13-10-9-11-14-18;1-2-3(4)5/h9-11,13-14,17H,3-8,12,15-16H2,1-2H3;2H,1H2,(H,4,5). The lowest BCUT2D eigenvalue weighted by Crippen LogP contribution is -2.18. The molecular weight excluding hydrogens is 316 g/mol. The van der Waals surface area contributed by atoms with Crippen LogP contribution < -0.4 is 4.74 Å². The smallest absolute Gasteiger partial charge is 0.327 e. The fraction of sp³-hybridized carbons (Fsp3) is 0.571. The zero-order chi connectivity index (χ0) is 18.8. The largest absolute Gasteiger partial charge is 0.491 e. The molecule has 1 rings (SSSR count). The minimum atomic E-state index is -0.981. The maximum Gasteiger partial charge on any atom is 0.327 e. The quantitative estimate of drug-likeness (QED) is 0.378.